The molecule has 0 aliphatic heterocycles. The third-order valence-electron chi connectivity index (χ3n) is 3.57. The lowest BCUT2D eigenvalue weighted by Gasteiger charge is -2.21. The summed E-state index contributed by atoms with van der Waals surface area (Å²) >= 11 is 0. The molecule has 20 heavy (non-hydrogen) atoms. The van der Waals surface area contributed by atoms with E-state index in [9.17, 15) is 9.90 Å². The number of carbonyl (C=O) groups excluding carboxylic acids is 1. The average Bonchev–Trinajstić information content (AvgIpc) is 2.90. The summed E-state index contributed by atoms with van der Waals surface area (Å²) in [7, 11) is 0. The highest BCUT2D eigenvalue weighted by molar-refractivity contribution is 5.91. The predicted molar refractivity (Wildman–Crippen MR) is 76.6 cm³/mol. The number of nitriles is 1. The van der Waals surface area contributed by atoms with Gasteiger partial charge in [0.1, 0.15) is 0 Å². The van der Waals surface area contributed by atoms with E-state index in [-0.39, 0.29) is 5.91 Å². The third-order valence-corrected chi connectivity index (χ3v) is 3.57. The summed E-state index contributed by atoms with van der Waals surface area (Å²) in [5, 5.41) is 21.6. The lowest BCUT2D eigenvalue weighted by Crippen LogP contribution is -2.40. The molecule has 1 aliphatic rings. The molecule has 0 saturated heterocycles. The summed E-state index contributed by atoms with van der Waals surface area (Å²) in [6.07, 6.45) is 6.62. The van der Waals surface area contributed by atoms with Crippen LogP contribution in [0.3, 0.4) is 0 Å². The molecule has 0 unspecified atom stereocenters. The van der Waals surface area contributed by atoms with E-state index in [4.69, 9.17) is 5.26 Å². The highest BCUT2D eigenvalue weighted by Crippen LogP contribution is 2.28. The number of rotatable bonds is 4. The lowest BCUT2D eigenvalue weighted by molar-refractivity contribution is -0.117. The van der Waals surface area contributed by atoms with Crippen molar-refractivity contribution < 1.29 is 9.90 Å². The number of hydrogen-bond donors (Lipinski definition) is 2. The Morgan fingerprint density at radius 2 is 2.20 bits per heavy atom. The van der Waals surface area contributed by atoms with Crippen LogP contribution in [-0.2, 0) is 4.79 Å². The molecule has 104 valence electrons. The number of amides is 1. The van der Waals surface area contributed by atoms with E-state index in [0.29, 0.717) is 12.1 Å². The van der Waals surface area contributed by atoms with Crippen LogP contribution in [0.4, 0.5) is 0 Å². The number of benzene rings is 1. The molecule has 1 aromatic carbocycles. The second kappa shape index (κ2) is 6.36. The average molecular weight is 270 g/mol. The van der Waals surface area contributed by atoms with Crippen LogP contribution in [0.5, 0.6) is 0 Å². The Labute approximate surface area is 118 Å². The van der Waals surface area contributed by atoms with Crippen molar-refractivity contribution in [1.29, 1.82) is 5.26 Å². The number of hydrogen-bond acceptors (Lipinski definition) is 3. The summed E-state index contributed by atoms with van der Waals surface area (Å²) in [6, 6.07) is 9.09. The molecule has 1 aromatic rings. The Morgan fingerprint density at radius 1 is 1.45 bits per heavy atom. The van der Waals surface area contributed by atoms with Crippen LogP contribution in [0.1, 0.15) is 36.8 Å². The molecule has 0 heterocycles. The molecule has 2 rings (SSSR count). The van der Waals surface area contributed by atoms with E-state index in [1.165, 1.54) is 6.08 Å². The minimum Gasteiger partial charge on any atom is -0.388 e. The molecular formula is C16H18N2O2. The fourth-order valence-corrected chi connectivity index (χ4v) is 2.40. The van der Waals surface area contributed by atoms with E-state index < -0.39 is 5.60 Å². The maximum absolute atomic E-state index is 11.7. The van der Waals surface area contributed by atoms with Crippen molar-refractivity contribution in [2.45, 2.75) is 31.3 Å². The van der Waals surface area contributed by atoms with Crippen LogP contribution in [0.25, 0.3) is 6.08 Å². The normalized spacial score (nSPS) is 17.0. The molecule has 1 amide bonds. The molecule has 4 nitrogen and oxygen atoms in total. The largest absolute Gasteiger partial charge is 0.388 e. The maximum atomic E-state index is 11.7. The van der Waals surface area contributed by atoms with Crippen molar-refractivity contribution in [2.24, 2.45) is 0 Å². The van der Waals surface area contributed by atoms with Gasteiger partial charge in [-0.1, -0.05) is 25.0 Å². The van der Waals surface area contributed by atoms with Gasteiger partial charge in [0.25, 0.3) is 0 Å². The van der Waals surface area contributed by atoms with Gasteiger partial charge in [-0.15, -0.1) is 0 Å². The van der Waals surface area contributed by atoms with E-state index in [1.54, 1.807) is 24.3 Å². The van der Waals surface area contributed by atoms with Crippen molar-refractivity contribution in [3.8, 4) is 6.07 Å². The highest BCUT2D eigenvalue weighted by atomic mass is 16.3. The first-order chi connectivity index (χ1) is 9.61. The smallest absolute Gasteiger partial charge is 0.244 e. The monoisotopic (exact) mass is 270 g/mol. The van der Waals surface area contributed by atoms with Gasteiger partial charge in [-0.05, 0) is 36.6 Å². The Bertz CT molecular complexity index is 552. The first-order valence-corrected chi connectivity index (χ1v) is 6.80. The molecule has 0 bridgehead atoms. The number of nitrogens with zero attached hydrogens (tertiary/aromatic N) is 1. The van der Waals surface area contributed by atoms with Crippen LogP contribution in [0, 0.1) is 11.3 Å². The number of aliphatic hydroxyl groups is 1. The Kier molecular flexibility index (Phi) is 4.54. The van der Waals surface area contributed by atoms with Crippen molar-refractivity contribution >= 4 is 12.0 Å². The van der Waals surface area contributed by atoms with Gasteiger partial charge in [0, 0.05) is 12.6 Å². The van der Waals surface area contributed by atoms with Gasteiger partial charge in [-0.3, -0.25) is 4.79 Å². The summed E-state index contributed by atoms with van der Waals surface area (Å²) in [5.74, 6) is -0.229. The van der Waals surface area contributed by atoms with Gasteiger partial charge in [0.15, 0.2) is 0 Å². The van der Waals surface area contributed by atoms with Gasteiger partial charge < -0.3 is 10.4 Å². The van der Waals surface area contributed by atoms with Crippen molar-refractivity contribution in [3.63, 3.8) is 0 Å². The van der Waals surface area contributed by atoms with E-state index in [2.05, 4.69) is 11.4 Å². The van der Waals surface area contributed by atoms with E-state index in [0.717, 1.165) is 31.2 Å². The Hall–Kier alpha value is -2.12. The van der Waals surface area contributed by atoms with Crippen LogP contribution in [0.15, 0.2) is 30.3 Å². The highest BCUT2D eigenvalue weighted by Gasteiger charge is 2.30. The molecule has 4 heteroatoms. The minimum atomic E-state index is -0.732. The molecule has 0 atom stereocenters. The SMILES string of the molecule is N#Cc1cccc(C=CC(=O)NCC2(O)CCCC2)c1. The van der Waals surface area contributed by atoms with Crippen molar-refractivity contribution in [2.75, 3.05) is 6.54 Å². The Morgan fingerprint density at radius 3 is 2.90 bits per heavy atom. The third kappa shape index (κ3) is 3.94. The molecule has 0 spiro atoms. The summed E-state index contributed by atoms with van der Waals surface area (Å²) in [6.45, 7) is 0.300. The molecule has 0 aromatic heterocycles. The van der Waals surface area contributed by atoms with Gasteiger partial charge in [-0.2, -0.15) is 5.26 Å². The molecule has 1 fully saturated rings. The maximum Gasteiger partial charge on any atom is 0.244 e. The number of carbonyl (C=O) groups is 1. The molecule has 2 N–H and O–H groups in total. The topological polar surface area (TPSA) is 73.1 Å². The quantitative estimate of drug-likeness (QED) is 0.822. The zero-order valence-electron chi connectivity index (χ0n) is 11.3. The van der Waals surface area contributed by atoms with Gasteiger partial charge in [0.2, 0.25) is 5.91 Å². The summed E-state index contributed by atoms with van der Waals surface area (Å²) in [4.78, 5) is 11.7. The fourth-order valence-electron chi connectivity index (χ4n) is 2.40. The molecule has 0 radical (unpaired) electrons. The van der Waals surface area contributed by atoms with Crippen LogP contribution >= 0.6 is 0 Å². The first-order valence-electron chi connectivity index (χ1n) is 6.80. The number of nitrogens with one attached hydrogen (secondary N) is 1. The standard InChI is InChI=1S/C16H18N2O2/c17-11-14-5-3-4-13(10-14)6-7-15(19)18-12-16(20)8-1-2-9-16/h3-7,10,20H,1-2,8-9,12H2,(H,18,19). The van der Waals surface area contributed by atoms with Crippen LogP contribution < -0.4 is 5.32 Å². The summed E-state index contributed by atoms with van der Waals surface area (Å²) in [5.41, 5.74) is 0.635. The predicted octanol–water partition coefficient (Wildman–Crippen LogP) is 1.99. The fraction of sp³-hybridized carbons (Fsp3) is 0.375. The first kappa shape index (κ1) is 14.3. The van der Waals surface area contributed by atoms with Crippen LogP contribution in [0.2, 0.25) is 0 Å². The second-order valence-electron chi connectivity index (χ2n) is 5.22. The van der Waals surface area contributed by atoms with Crippen molar-refractivity contribution in [3.05, 3.63) is 41.5 Å². The van der Waals surface area contributed by atoms with Crippen molar-refractivity contribution in [1.82, 2.24) is 5.32 Å². The Balaban J connectivity index is 1.87. The summed E-state index contributed by atoms with van der Waals surface area (Å²) < 4.78 is 0. The van der Waals surface area contributed by atoms with Gasteiger partial charge in [0.05, 0.1) is 17.2 Å². The van der Waals surface area contributed by atoms with Crippen LogP contribution in [-0.4, -0.2) is 23.2 Å². The minimum absolute atomic E-state index is 0.229. The van der Waals surface area contributed by atoms with E-state index in [1.807, 2.05) is 6.07 Å². The van der Waals surface area contributed by atoms with Gasteiger partial charge >= 0.3 is 0 Å². The van der Waals surface area contributed by atoms with Gasteiger partial charge in [-0.25, -0.2) is 0 Å². The lowest BCUT2D eigenvalue weighted by atomic mass is 10.0. The molecular weight excluding hydrogens is 252 g/mol. The zero-order chi connectivity index (χ0) is 14.4. The molecule has 1 aliphatic carbocycles. The van der Waals surface area contributed by atoms with E-state index >= 15 is 0 Å². The second-order valence-corrected chi connectivity index (χ2v) is 5.22. The molecule has 1 saturated carbocycles. The zero-order valence-corrected chi connectivity index (χ0v) is 11.3.